The molecule has 0 spiro atoms. The summed E-state index contributed by atoms with van der Waals surface area (Å²) in [6.45, 7) is 2.67. The zero-order valence-corrected chi connectivity index (χ0v) is 17.7. The number of aromatic nitrogens is 1. The summed E-state index contributed by atoms with van der Waals surface area (Å²) >= 11 is 0. The van der Waals surface area contributed by atoms with Crippen LogP contribution in [-0.2, 0) is 19.5 Å². The zero-order chi connectivity index (χ0) is 22.0. The fourth-order valence-electron chi connectivity index (χ4n) is 3.50. The molecule has 1 fully saturated rings. The first-order valence-corrected chi connectivity index (χ1v) is 11.3. The fourth-order valence-corrected chi connectivity index (χ4v) is 4.95. The number of morpholine rings is 1. The van der Waals surface area contributed by atoms with Crippen molar-refractivity contribution in [2.24, 2.45) is 0 Å². The van der Waals surface area contributed by atoms with Gasteiger partial charge in [0.1, 0.15) is 0 Å². The van der Waals surface area contributed by atoms with Crippen LogP contribution >= 0.6 is 0 Å². The topological polar surface area (TPSA) is 106 Å². The molecular formula is C22H22N2O6S. The van der Waals surface area contributed by atoms with Crippen molar-refractivity contribution in [3.8, 4) is 0 Å². The lowest BCUT2D eigenvalue weighted by Gasteiger charge is -2.26. The number of carbonyl (C=O) groups is 2. The molecule has 1 aromatic heterocycles. The van der Waals surface area contributed by atoms with Crippen LogP contribution in [0, 0.1) is 0 Å². The van der Waals surface area contributed by atoms with Crippen molar-refractivity contribution in [2.75, 3.05) is 26.3 Å². The van der Waals surface area contributed by atoms with E-state index in [4.69, 9.17) is 9.47 Å². The maximum absolute atomic E-state index is 12.8. The number of hydrogen-bond acceptors (Lipinski definition) is 6. The van der Waals surface area contributed by atoms with Crippen molar-refractivity contribution >= 4 is 32.7 Å². The molecule has 0 saturated carbocycles. The van der Waals surface area contributed by atoms with Crippen LogP contribution < -0.4 is 0 Å². The molecule has 0 unspecified atom stereocenters. The Labute approximate surface area is 179 Å². The molecule has 2 aromatic carbocycles. The van der Waals surface area contributed by atoms with Crippen LogP contribution in [0.5, 0.6) is 0 Å². The Kier molecular flexibility index (Phi) is 5.90. The molecule has 162 valence electrons. The third-order valence-electron chi connectivity index (χ3n) is 5.19. The highest BCUT2D eigenvalue weighted by molar-refractivity contribution is 7.89. The molecule has 9 heteroatoms. The minimum atomic E-state index is -3.75. The second-order valence-corrected chi connectivity index (χ2v) is 9.14. The van der Waals surface area contributed by atoms with Gasteiger partial charge in [-0.2, -0.15) is 4.31 Å². The van der Waals surface area contributed by atoms with Crippen LogP contribution in [0.25, 0.3) is 10.9 Å². The van der Waals surface area contributed by atoms with E-state index in [2.05, 4.69) is 4.98 Å². The number of ether oxygens (including phenoxy) is 2. The summed E-state index contributed by atoms with van der Waals surface area (Å²) in [7, 11) is -3.75. The Hall–Kier alpha value is -3.01. The number of aromatic amines is 1. The molecule has 0 amide bonds. The van der Waals surface area contributed by atoms with E-state index in [0.29, 0.717) is 18.8 Å². The number of nitrogens with zero attached hydrogens (tertiary/aromatic N) is 1. The number of hydrogen-bond donors (Lipinski definition) is 1. The van der Waals surface area contributed by atoms with Gasteiger partial charge in [-0.25, -0.2) is 13.2 Å². The molecule has 31 heavy (non-hydrogen) atoms. The molecule has 1 saturated heterocycles. The van der Waals surface area contributed by atoms with Crippen molar-refractivity contribution in [2.45, 2.75) is 17.9 Å². The van der Waals surface area contributed by atoms with Crippen molar-refractivity contribution in [1.29, 1.82) is 0 Å². The number of carbonyl (C=O) groups excluding carboxylic acids is 2. The molecule has 8 nitrogen and oxygen atoms in total. The summed E-state index contributed by atoms with van der Waals surface area (Å²) in [5.41, 5.74) is 1.30. The number of Topliss-reactive ketones (excluding diaryl/α,β-unsaturated/α-hetero) is 1. The van der Waals surface area contributed by atoms with Gasteiger partial charge in [0, 0.05) is 35.8 Å². The molecule has 0 bridgehead atoms. The highest BCUT2D eigenvalue weighted by Gasteiger charge is 2.28. The Morgan fingerprint density at radius 1 is 1.10 bits per heavy atom. The molecule has 2 heterocycles. The number of benzene rings is 2. The van der Waals surface area contributed by atoms with Gasteiger partial charge in [-0.15, -0.1) is 0 Å². The van der Waals surface area contributed by atoms with Gasteiger partial charge in [-0.1, -0.05) is 24.3 Å². The minimum absolute atomic E-state index is 0.000502. The van der Waals surface area contributed by atoms with E-state index in [1.165, 1.54) is 35.5 Å². The molecule has 3 aromatic rings. The molecule has 1 atom stereocenters. The van der Waals surface area contributed by atoms with Crippen LogP contribution in [0.3, 0.4) is 0 Å². The number of fused-ring (bicyclic) bond motifs is 1. The number of nitrogens with one attached hydrogen (secondary N) is 1. The van der Waals surface area contributed by atoms with E-state index in [0.717, 1.165) is 10.9 Å². The van der Waals surface area contributed by atoms with Crippen molar-refractivity contribution < 1.29 is 27.5 Å². The molecule has 4 rings (SSSR count). The number of sulfonamides is 1. The first kappa shape index (κ1) is 21.2. The zero-order valence-electron chi connectivity index (χ0n) is 16.9. The Bertz CT molecular complexity index is 1230. The minimum Gasteiger partial charge on any atom is -0.451 e. The Morgan fingerprint density at radius 2 is 1.84 bits per heavy atom. The van der Waals surface area contributed by atoms with E-state index < -0.39 is 22.1 Å². The van der Waals surface area contributed by atoms with Gasteiger partial charge in [-0.3, -0.25) is 4.79 Å². The van der Waals surface area contributed by atoms with E-state index in [1.54, 1.807) is 6.20 Å². The van der Waals surface area contributed by atoms with Gasteiger partial charge in [0.05, 0.1) is 23.7 Å². The van der Waals surface area contributed by atoms with Gasteiger partial charge < -0.3 is 14.5 Å². The summed E-state index contributed by atoms with van der Waals surface area (Å²) in [5.74, 6) is -1.11. The van der Waals surface area contributed by atoms with Crippen LogP contribution in [0.2, 0.25) is 0 Å². The van der Waals surface area contributed by atoms with E-state index >= 15 is 0 Å². The Morgan fingerprint density at radius 3 is 2.61 bits per heavy atom. The van der Waals surface area contributed by atoms with Crippen molar-refractivity contribution in [3.05, 3.63) is 65.9 Å². The van der Waals surface area contributed by atoms with E-state index in [-0.39, 0.29) is 29.3 Å². The third-order valence-corrected chi connectivity index (χ3v) is 7.08. The van der Waals surface area contributed by atoms with Gasteiger partial charge in [-0.05, 0) is 31.2 Å². The highest BCUT2D eigenvalue weighted by Crippen LogP contribution is 2.22. The number of rotatable bonds is 6. The summed E-state index contributed by atoms with van der Waals surface area (Å²) in [4.78, 5) is 28.5. The fraction of sp³-hybridized carbons (Fsp3) is 0.273. The van der Waals surface area contributed by atoms with Gasteiger partial charge in [0.15, 0.2) is 6.10 Å². The maximum atomic E-state index is 12.8. The number of esters is 1. The van der Waals surface area contributed by atoms with E-state index in [1.807, 2.05) is 24.3 Å². The normalized spacial score (nSPS) is 16.2. The summed E-state index contributed by atoms with van der Waals surface area (Å²) in [6.07, 6.45) is 0.554. The van der Waals surface area contributed by atoms with Gasteiger partial charge in [0.25, 0.3) is 0 Å². The summed E-state index contributed by atoms with van der Waals surface area (Å²) in [5, 5.41) is 0.744. The smallest absolute Gasteiger partial charge is 0.338 e. The quantitative estimate of drug-likeness (QED) is 0.465. The standard InChI is InChI=1S/C22H22N2O6S/c1-15(21(25)19-14-23-20-8-3-2-7-18(19)20)30-22(26)16-5-4-6-17(13-16)31(27,28)24-9-11-29-12-10-24/h2-8,13-15,23H,9-12H2,1H3/t15-/m1/s1. The second-order valence-electron chi connectivity index (χ2n) is 7.20. The molecular weight excluding hydrogens is 420 g/mol. The maximum Gasteiger partial charge on any atom is 0.338 e. The third kappa shape index (κ3) is 4.25. The average molecular weight is 442 g/mol. The molecule has 0 radical (unpaired) electrons. The molecule has 0 aliphatic carbocycles. The summed E-state index contributed by atoms with van der Waals surface area (Å²) < 4.78 is 37.5. The summed E-state index contributed by atoms with van der Waals surface area (Å²) in [6, 6.07) is 13.0. The second kappa shape index (κ2) is 8.62. The lowest BCUT2D eigenvalue weighted by Crippen LogP contribution is -2.40. The van der Waals surface area contributed by atoms with Crippen LogP contribution in [0.15, 0.2) is 59.6 Å². The molecule has 1 N–H and O–H groups in total. The van der Waals surface area contributed by atoms with Gasteiger partial charge in [0.2, 0.25) is 15.8 Å². The van der Waals surface area contributed by atoms with Gasteiger partial charge >= 0.3 is 5.97 Å². The van der Waals surface area contributed by atoms with Crippen molar-refractivity contribution in [1.82, 2.24) is 9.29 Å². The van der Waals surface area contributed by atoms with E-state index in [9.17, 15) is 18.0 Å². The first-order chi connectivity index (χ1) is 14.9. The SMILES string of the molecule is C[C@@H](OC(=O)c1cccc(S(=O)(=O)N2CCOCC2)c1)C(=O)c1c[nH]c2ccccc12. The van der Waals surface area contributed by atoms with Crippen LogP contribution in [0.4, 0.5) is 0 Å². The lowest BCUT2D eigenvalue weighted by atomic mass is 10.1. The predicted octanol–water partition coefficient (Wildman–Crippen LogP) is 2.62. The highest BCUT2D eigenvalue weighted by atomic mass is 32.2. The number of ketones is 1. The van der Waals surface area contributed by atoms with Crippen LogP contribution in [-0.4, -0.2) is 61.9 Å². The predicted molar refractivity (Wildman–Crippen MR) is 114 cm³/mol. The number of para-hydroxylation sites is 1. The van der Waals surface area contributed by atoms with Crippen LogP contribution in [0.1, 0.15) is 27.6 Å². The van der Waals surface area contributed by atoms with Crippen molar-refractivity contribution in [3.63, 3.8) is 0 Å². The lowest BCUT2D eigenvalue weighted by molar-refractivity contribution is 0.0319. The monoisotopic (exact) mass is 442 g/mol. The molecule has 1 aliphatic heterocycles. The number of H-pyrrole nitrogens is 1. The Balaban J connectivity index is 1.51. The molecule has 1 aliphatic rings. The first-order valence-electron chi connectivity index (χ1n) is 9.87. The largest absolute Gasteiger partial charge is 0.451 e. The average Bonchev–Trinajstić information content (AvgIpc) is 3.23.